The fourth-order valence-electron chi connectivity index (χ4n) is 2.95. The Balaban J connectivity index is 2.04. The van der Waals surface area contributed by atoms with Crippen molar-refractivity contribution in [3.05, 3.63) is 28.8 Å². The smallest absolute Gasteiger partial charge is 0.0429 e. The van der Waals surface area contributed by atoms with E-state index in [1.807, 2.05) is 12.1 Å². The first-order valence-electron chi connectivity index (χ1n) is 6.30. The first kappa shape index (κ1) is 12.7. The van der Waals surface area contributed by atoms with Crippen molar-refractivity contribution < 1.29 is 0 Å². The minimum Gasteiger partial charge on any atom is -0.399 e. The van der Waals surface area contributed by atoms with Gasteiger partial charge < -0.3 is 5.73 Å². The van der Waals surface area contributed by atoms with Gasteiger partial charge in [0.1, 0.15) is 0 Å². The molecule has 1 aliphatic heterocycles. The Kier molecular flexibility index (Phi) is 3.95. The SMILES string of the molecule is CC1CC(C)CN(Cc2cc(N)cc(Cl)c2)C1. The molecular weight excluding hydrogens is 232 g/mol. The normalized spacial score (nSPS) is 26.1. The molecule has 94 valence electrons. The zero-order valence-electron chi connectivity index (χ0n) is 10.6. The van der Waals surface area contributed by atoms with Crippen LogP contribution in [0.4, 0.5) is 5.69 Å². The molecule has 2 nitrogen and oxygen atoms in total. The topological polar surface area (TPSA) is 29.3 Å². The van der Waals surface area contributed by atoms with Crippen LogP contribution in [0.15, 0.2) is 18.2 Å². The average molecular weight is 253 g/mol. The van der Waals surface area contributed by atoms with Crippen LogP contribution in [-0.4, -0.2) is 18.0 Å². The first-order valence-corrected chi connectivity index (χ1v) is 6.68. The molecule has 1 fully saturated rings. The molecule has 0 spiro atoms. The molecule has 0 amide bonds. The summed E-state index contributed by atoms with van der Waals surface area (Å²) in [6.07, 6.45) is 1.34. The van der Waals surface area contributed by atoms with Gasteiger partial charge in [-0.1, -0.05) is 25.4 Å². The lowest BCUT2D eigenvalue weighted by Gasteiger charge is -2.35. The molecular formula is C14H21ClN2. The molecule has 1 heterocycles. The van der Waals surface area contributed by atoms with E-state index in [4.69, 9.17) is 17.3 Å². The van der Waals surface area contributed by atoms with Gasteiger partial charge in [0, 0.05) is 30.3 Å². The van der Waals surface area contributed by atoms with Crippen LogP contribution in [0.2, 0.25) is 5.02 Å². The second-order valence-electron chi connectivity index (χ2n) is 5.53. The van der Waals surface area contributed by atoms with E-state index in [-0.39, 0.29) is 0 Å². The summed E-state index contributed by atoms with van der Waals surface area (Å²) in [5.41, 5.74) is 7.79. The Labute approximate surface area is 109 Å². The van der Waals surface area contributed by atoms with Gasteiger partial charge in [0.25, 0.3) is 0 Å². The van der Waals surface area contributed by atoms with Crippen LogP contribution in [0.1, 0.15) is 25.8 Å². The molecule has 1 aliphatic rings. The minimum atomic E-state index is 0.734. The molecule has 1 aromatic carbocycles. The summed E-state index contributed by atoms with van der Waals surface area (Å²) in [5, 5.41) is 0.734. The summed E-state index contributed by atoms with van der Waals surface area (Å²) in [6.45, 7) is 7.97. The van der Waals surface area contributed by atoms with Crippen LogP contribution < -0.4 is 5.73 Å². The van der Waals surface area contributed by atoms with Gasteiger partial charge in [0.05, 0.1) is 0 Å². The molecule has 0 radical (unpaired) electrons. The van der Waals surface area contributed by atoms with Crippen molar-refractivity contribution in [2.24, 2.45) is 11.8 Å². The van der Waals surface area contributed by atoms with E-state index in [0.29, 0.717) is 0 Å². The number of halogens is 1. The Morgan fingerprint density at radius 2 is 1.88 bits per heavy atom. The number of piperidine rings is 1. The number of hydrogen-bond donors (Lipinski definition) is 1. The molecule has 2 rings (SSSR count). The van der Waals surface area contributed by atoms with Crippen LogP contribution in [0.25, 0.3) is 0 Å². The Morgan fingerprint density at radius 1 is 1.24 bits per heavy atom. The zero-order chi connectivity index (χ0) is 12.4. The number of benzene rings is 1. The van der Waals surface area contributed by atoms with Gasteiger partial charge in [-0.3, -0.25) is 4.90 Å². The summed E-state index contributed by atoms with van der Waals surface area (Å²) >= 11 is 6.03. The quantitative estimate of drug-likeness (QED) is 0.818. The summed E-state index contributed by atoms with van der Waals surface area (Å²) in [6, 6.07) is 5.84. The van der Waals surface area contributed by atoms with E-state index in [9.17, 15) is 0 Å². The molecule has 1 aromatic rings. The van der Waals surface area contributed by atoms with E-state index in [1.54, 1.807) is 6.07 Å². The van der Waals surface area contributed by atoms with E-state index >= 15 is 0 Å². The van der Waals surface area contributed by atoms with E-state index < -0.39 is 0 Å². The maximum absolute atomic E-state index is 6.03. The average Bonchev–Trinajstić information content (AvgIpc) is 2.13. The molecule has 0 aromatic heterocycles. The highest BCUT2D eigenvalue weighted by molar-refractivity contribution is 6.30. The number of nitrogen functional groups attached to an aromatic ring is 1. The monoisotopic (exact) mass is 252 g/mol. The van der Waals surface area contributed by atoms with Crippen molar-refractivity contribution in [3.8, 4) is 0 Å². The lowest BCUT2D eigenvalue weighted by molar-refractivity contribution is 0.134. The summed E-state index contributed by atoms with van der Waals surface area (Å²) < 4.78 is 0. The van der Waals surface area contributed by atoms with Gasteiger partial charge in [0.2, 0.25) is 0 Å². The summed E-state index contributed by atoms with van der Waals surface area (Å²) in [5.74, 6) is 1.57. The van der Waals surface area contributed by atoms with Crippen LogP contribution >= 0.6 is 11.6 Å². The second kappa shape index (κ2) is 5.28. The number of rotatable bonds is 2. The number of nitrogens with zero attached hydrogens (tertiary/aromatic N) is 1. The van der Waals surface area contributed by atoms with Crippen molar-refractivity contribution in [1.82, 2.24) is 4.90 Å². The van der Waals surface area contributed by atoms with Gasteiger partial charge >= 0.3 is 0 Å². The van der Waals surface area contributed by atoms with E-state index in [2.05, 4.69) is 18.7 Å². The van der Waals surface area contributed by atoms with Gasteiger partial charge in [-0.15, -0.1) is 0 Å². The largest absolute Gasteiger partial charge is 0.399 e. The maximum atomic E-state index is 6.03. The standard InChI is InChI=1S/C14H21ClN2/c1-10-3-11(2)8-17(7-10)9-12-4-13(15)6-14(16)5-12/h4-6,10-11H,3,7-9,16H2,1-2H3. The number of hydrogen-bond acceptors (Lipinski definition) is 2. The molecule has 3 heteroatoms. The van der Waals surface area contributed by atoms with Crippen molar-refractivity contribution in [2.45, 2.75) is 26.8 Å². The Hall–Kier alpha value is -0.730. The third-order valence-corrected chi connectivity index (χ3v) is 3.55. The number of likely N-dealkylation sites (tertiary alicyclic amines) is 1. The van der Waals surface area contributed by atoms with Crippen molar-refractivity contribution in [3.63, 3.8) is 0 Å². The van der Waals surface area contributed by atoms with Crippen molar-refractivity contribution >= 4 is 17.3 Å². The van der Waals surface area contributed by atoms with Crippen LogP contribution in [0.5, 0.6) is 0 Å². The summed E-state index contributed by atoms with van der Waals surface area (Å²) in [7, 11) is 0. The van der Waals surface area contributed by atoms with Crippen LogP contribution in [0, 0.1) is 11.8 Å². The number of nitrogens with two attached hydrogens (primary N) is 1. The lowest BCUT2D eigenvalue weighted by Crippen LogP contribution is -2.38. The van der Waals surface area contributed by atoms with E-state index in [1.165, 1.54) is 25.1 Å². The Bertz CT molecular complexity index is 362. The van der Waals surface area contributed by atoms with Gasteiger partial charge in [0.15, 0.2) is 0 Å². The molecule has 17 heavy (non-hydrogen) atoms. The molecule has 0 aliphatic carbocycles. The predicted octanol–water partition coefficient (Wildman–Crippen LogP) is 3.40. The van der Waals surface area contributed by atoms with Crippen LogP contribution in [-0.2, 0) is 6.54 Å². The second-order valence-corrected chi connectivity index (χ2v) is 5.97. The highest BCUT2D eigenvalue weighted by Crippen LogP contribution is 2.24. The van der Waals surface area contributed by atoms with Crippen molar-refractivity contribution in [2.75, 3.05) is 18.8 Å². The lowest BCUT2D eigenvalue weighted by atomic mass is 9.91. The zero-order valence-corrected chi connectivity index (χ0v) is 11.4. The predicted molar refractivity (Wildman–Crippen MR) is 74.1 cm³/mol. The van der Waals surface area contributed by atoms with Gasteiger partial charge in [-0.05, 0) is 42.0 Å². The maximum Gasteiger partial charge on any atom is 0.0429 e. The fraction of sp³-hybridized carbons (Fsp3) is 0.571. The van der Waals surface area contributed by atoms with Crippen LogP contribution in [0.3, 0.4) is 0 Å². The molecule has 2 atom stereocenters. The highest BCUT2D eigenvalue weighted by Gasteiger charge is 2.21. The molecule has 2 unspecified atom stereocenters. The Morgan fingerprint density at radius 3 is 2.47 bits per heavy atom. The molecule has 2 N–H and O–H groups in total. The summed E-state index contributed by atoms with van der Waals surface area (Å²) in [4.78, 5) is 2.50. The third-order valence-electron chi connectivity index (χ3n) is 3.33. The molecule has 1 saturated heterocycles. The van der Waals surface area contributed by atoms with Crippen molar-refractivity contribution in [1.29, 1.82) is 0 Å². The molecule has 0 bridgehead atoms. The van der Waals surface area contributed by atoms with Gasteiger partial charge in [-0.2, -0.15) is 0 Å². The van der Waals surface area contributed by atoms with E-state index in [0.717, 1.165) is 29.1 Å². The first-order chi connectivity index (χ1) is 8.02. The minimum absolute atomic E-state index is 0.734. The third kappa shape index (κ3) is 3.62. The highest BCUT2D eigenvalue weighted by atomic mass is 35.5. The number of anilines is 1. The molecule has 0 saturated carbocycles. The fourth-order valence-corrected chi connectivity index (χ4v) is 3.21. The van der Waals surface area contributed by atoms with Gasteiger partial charge in [-0.25, -0.2) is 0 Å².